The summed E-state index contributed by atoms with van der Waals surface area (Å²) < 4.78 is 3.79. The van der Waals surface area contributed by atoms with Gasteiger partial charge in [-0.25, -0.2) is 4.79 Å². The molecule has 7 heteroatoms. The minimum Gasteiger partial charge on any atom is -0.262 e. The Balaban J connectivity index is 1.87. The van der Waals surface area contributed by atoms with E-state index in [1.165, 1.54) is 0 Å². The highest BCUT2D eigenvalue weighted by molar-refractivity contribution is 9.11. The fraction of sp³-hybridized carbons (Fsp3) is 0. The summed E-state index contributed by atoms with van der Waals surface area (Å²) in [5.41, 5.74) is 3.05. The molecule has 0 aromatic heterocycles. The van der Waals surface area contributed by atoms with Gasteiger partial charge in [0.15, 0.2) is 0 Å². The summed E-state index contributed by atoms with van der Waals surface area (Å²) in [6.07, 6.45) is 0. The number of carbonyl (C=O) groups excluding carboxylic acids is 1. The molecule has 0 radical (unpaired) electrons. The van der Waals surface area contributed by atoms with Gasteiger partial charge in [0.25, 0.3) is 0 Å². The fourth-order valence-corrected chi connectivity index (χ4v) is 4.26. The van der Waals surface area contributed by atoms with Crippen molar-refractivity contribution in [1.29, 1.82) is 0 Å². The maximum atomic E-state index is 14.2. The summed E-state index contributed by atoms with van der Waals surface area (Å²) in [7, 11) is 0. The van der Waals surface area contributed by atoms with Gasteiger partial charge in [-0.3, -0.25) is 9.80 Å². The van der Waals surface area contributed by atoms with Crippen LogP contribution in [-0.4, -0.2) is 6.03 Å². The first-order valence-electron chi connectivity index (χ1n) is 9.59. The lowest BCUT2D eigenvalue weighted by molar-refractivity contribution is 0.255. The Hall–Kier alpha value is -1.93. The Labute approximate surface area is 220 Å². The van der Waals surface area contributed by atoms with E-state index < -0.39 is 0 Å². The zero-order valence-electron chi connectivity index (χ0n) is 16.6. The largest absolute Gasteiger partial charge is 0.338 e. The van der Waals surface area contributed by atoms with Crippen molar-refractivity contribution < 1.29 is 4.79 Å². The van der Waals surface area contributed by atoms with Crippen LogP contribution in [0.5, 0.6) is 0 Å². The van der Waals surface area contributed by atoms with Gasteiger partial charge in [0, 0.05) is 17.9 Å². The van der Waals surface area contributed by atoms with Crippen molar-refractivity contribution in [3.8, 4) is 0 Å². The number of rotatable bonds is 4. The highest BCUT2D eigenvalue weighted by atomic mass is 79.9. The molecule has 0 saturated carbocycles. The van der Waals surface area contributed by atoms with Crippen molar-refractivity contribution >= 4 is 92.5 Å². The highest BCUT2D eigenvalue weighted by Crippen LogP contribution is 2.35. The summed E-state index contributed by atoms with van der Waals surface area (Å²) in [4.78, 5) is 17.6. The third-order valence-electron chi connectivity index (χ3n) is 4.72. The van der Waals surface area contributed by atoms with Crippen LogP contribution in [0.3, 0.4) is 0 Å². The lowest BCUT2D eigenvalue weighted by atomic mass is 10.2. The highest BCUT2D eigenvalue weighted by Gasteiger charge is 2.27. The van der Waals surface area contributed by atoms with E-state index in [0.717, 1.165) is 40.6 Å². The summed E-state index contributed by atoms with van der Waals surface area (Å²) in [5.74, 6) is 0. The number of nitrogens with zero attached hydrogens (tertiary/aromatic N) is 2. The second kappa shape index (κ2) is 10.3. The van der Waals surface area contributed by atoms with Gasteiger partial charge in [-0.05, 0) is 97.1 Å². The molecule has 0 aliphatic rings. The van der Waals surface area contributed by atoms with Crippen molar-refractivity contribution in [3.05, 3.63) is 115 Å². The number of amides is 2. The van der Waals surface area contributed by atoms with E-state index in [0.29, 0.717) is 0 Å². The fourth-order valence-electron chi connectivity index (χ4n) is 3.20. The predicted molar refractivity (Wildman–Crippen MR) is 146 cm³/mol. The number of anilines is 4. The van der Waals surface area contributed by atoms with Gasteiger partial charge in [-0.15, -0.1) is 0 Å². The van der Waals surface area contributed by atoms with E-state index >= 15 is 0 Å². The van der Waals surface area contributed by atoms with E-state index in [4.69, 9.17) is 0 Å². The summed E-state index contributed by atoms with van der Waals surface area (Å²) in [6.45, 7) is 0. The number of halogens is 4. The summed E-state index contributed by atoms with van der Waals surface area (Å²) >= 11 is 13.9. The quantitative estimate of drug-likeness (QED) is 0.211. The minimum absolute atomic E-state index is 0.195. The second-order valence-corrected chi connectivity index (χ2v) is 10.5. The molecule has 3 nitrogen and oxygen atoms in total. The molecule has 2 amide bonds. The first kappa shape index (κ1) is 23.2. The lowest BCUT2D eigenvalue weighted by Crippen LogP contribution is -2.38. The van der Waals surface area contributed by atoms with Crippen LogP contribution in [0, 0.1) is 0 Å². The van der Waals surface area contributed by atoms with Gasteiger partial charge in [-0.1, -0.05) is 63.7 Å². The zero-order chi connectivity index (χ0) is 22.7. The lowest BCUT2D eigenvalue weighted by Gasteiger charge is -2.31. The smallest absolute Gasteiger partial charge is 0.262 e. The average Bonchev–Trinajstić information content (AvgIpc) is 2.79. The molecule has 160 valence electrons. The molecule has 0 spiro atoms. The molecule has 0 unspecified atom stereocenters. The molecule has 4 rings (SSSR count). The van der Waals surface area contributed by atoms with Crippen LogP contribution >= 0.6 is 63.7 Å². The van der Waals surface area contributed by atoms with Crippen LogP contribution in [0.4, 0.5) is 27.5 Å². The van der Waals surface area contributed by atoms with Crippen molar-refractivity contribution in [2.24, 2.45) is 0 Å². The van der Waals surface area contributed by atoms with Crippen molar-refractivity contribution in [2.45, 2.75) is 0 Å². The molecule has 0 bridgehead atoms. The van der Waals surface area contributed by atoms with Crippen LogP contribution in [0.1, 0.15) is 0 Å². The van der Waals surface area contributed by atoms with E-state index in [-0.39, 0.29) is 6.03 Å². The topological polar surface area (TPSA) is 23.6 Å². The van der Waals surface area contributed by atoms with Crippen LogP contribution in [0.25, 0.3) is 0 Å². The van der Waals surface area contributed by atoms with Crippen LogP contribution < -0.4 is 9.80 Å². The van der Waals surface area contributed by atoms with E-state index in [9.17, 15) is 4.79 Å². The average molecular weight is 680 g/mol. The first-order valence-corrected chi connectivity index (χ1v) is 12.8. The van der Waals surface area contributed by atoms with Gasteiger partial charge in [-0.2, -0.15) is 0 Å². The molecule has 0 fully saturated rings. The van der Waals surface area contributed by atoms with E-state index in [1.54, 1.807) is 9.80 Å². The summed E-state index contributed by atoms with van der Waals surface area (Å²) in [6, 6.07) is 30.6. The molecule has 0 aliphatic heterocycles. The zero-order valence-corrected chi connectivity index (χ0v) is 22.9. The maximum absolute atomic E-state index is 14.2. The molecule has 0 saturated heterocycles. The van der Waals surface area contributed by atoms with E-state index in [2.05, 4.69) is 63.7 Å². The minimum atomic E-state index is -0.195. The Morgan fingerprint density at radius 3 is 0.781 bits per heavy atom. The third kappa shape index (κ3) is 5.34. The molecule has 0 atom stereocenters. The Morgan fingerprint density at radius 2 is 0.594 bits per heavy atom. The Kier molecular flexibility index (Phi) is 7.51. The van der Waals surface area contributed by atoms with Gasteiger partial charge < -0.3 is 0 Å². The molecular formula is C25H16Br4N2O. The van der Waals surface area contributed by atoms with Crippen molar-refractivity contribution in [1.82, 2.24) is 0 Å². The molecule has 32 heavy (non-hydrogen) atoms. The monoisotopic (exact) mass is 676 g/mol. The van der Waals surface area contributed by atoms with Crippen molar-refractivity contribution in [2.75, 3.05) is 9.80 Å². The van der Waals surface area contributed by atoms with Gasteiger partial charge in [0.2, 0.25) is 0 Å². The molecule has 0 aliphatic carbocycles. The van der Waals surface area contributed by atoms with Crippen LogP contribution in [0.15, 0.2) is 115 Å². The molecular weight excluding hydrogens is 664 g/mol. The predicted octanol–water partition coefficient (Wildman–Crippen LogP) is 9.83. The molecule has 0 N–H and O–H groups in total. The van der Waals surface area contributed by atoms with Crippen LogP contribution in [0.2, 0.25) is 0 Å². The van der Waals surface area contributed by atoms with Gasteiger partial charge in [0.1, 0.15) is 0 Å². The standard InChI is InChI=1S/C25H16Br4N2O/c26-17-1-9-21(10-2-17)30(22-11-3-18(27)4-12-22)25(32)31(23-13-5-19(28)6-14-23)24-15-7-20(29)8-16-24/h1-16H. The Bertz CT molecular complexity index is 1020. The molecule has 4 aromatic carbocycles. The molecule has 0 heterocycles. The Morgan fingerprint density at radius 1 is 0.406 bits per heavy atom. The van der Waals surface area contributed by atoms with Crippen molar-refractivity contribution in [3.63, 3.8) is 0 Å². The number of benzene rings is 4. The number of carbonyl (C=O) groups is 1. The maximum Gasteiger partial charge on any atom is 0.338 e. The number of hydrogen-bond acceptors (Lipinski definition) is 1. The second-order valence-electron chi connectivity index (χ2n) is 6.86. The first-order chi connectivity index (χ1) is 15.4. The van der Waals surface area contributed by atoms with E-state index in [1.807, 2.05) is 97.1 Å². The van der Waals surface area contributed by atoms with Crippen LogP contribution in [-0.2, 0) is 0 Å². The molecule has 4 aromatic rings. The third-order valence-corrected chi connectivity index (χ3v) is 6.84. The summed E-state index contributed by atoms with van der Waals surface area (Å²) in [5, 5.41) is 0. The van der Waals surface area contributed by atoms with Gasteiger partial charge >= 0.3 is 6.03 Å². The van der Waals surface area contributed by atoms with Gasteiger partial charge in [0.05, 0.1) is 22.7 Å². The normalized spacial score (nSPS) is 10.6. The number of hydrogen-bond donors (Lipinski definition) is 0. The number of urea groups is 1. The SMILES string of the molecule is O=C(N(c1ccc(Br)cc1)c1ccc(Br)cc1)N(c1ccc(Br)cc1)c1ccc(Br)cc1.